The lowest BCUT2D eigenvalue weighted by Crippen LogP contribution is -2.33. The van der Waals surface area contributed by atoms with E-state index in [9.17, 15) is 4.79 Å². The average Bonchev–Trinajstić information content (AvgIpc) is 2.96. The van der Waals surface area contributed by atoms with Gasteiger partial charge in [-0.1, -0.05) is 18.0 Å². The molecule has 1 amide bonds. The van der Waals surface area contributed by atoms with Gasteiger partial charge in [0.25, 0.3) is 0 Å². The van der Waals surface area contributed by atoms with Crippen molar-refractivity contribution in [2.75, 3.05) is 13.1 Å². The second kappa shape index (κ2) is 5.43. The summed E-state index contributed by atoms with van der Waals surface area (Å²) in [6, 6.07) is 0. The lowest BCUT2D eigenvalue weighted by molar-refractivity contribution is -0.134. The van der Waals surface area contributed by atoms with E-state index in [0.29, 0.717) is 23.7 Å². The van der Waals surface area contributed by atoms with E-state index in [4.69, 9.17) is 4.52 Å². The Morgan fingerprint density at radius 2 is 2.00 bits per heavy atom. The number of rotatable bonds is 4. The second-order valence-corrected chi connectivity index (χ2v) is 6.95. The van der Waals surface area contributed by atoms with Crippen molar-refractivity contribution in [3.8, 4) is 0 Å². The molecule has 5 nitrogen and oxygen atoms in total. The van der Waals surface area contributed by atoms with E-state index in [1.54, 1.807) is 0 Å². The predicted octanol–water partition coefficient (Wildman–Crippen LogP) is 2.53. The molecular weight excluding hydrogens is 266 g/mol. The van der Waals surface area contributed by atoms with Crippen LogP contribution in [0.15, 0.2) is 4.52 Å². The van der Waals surface area contributed by atoms with Gasteiger partial charge in [-0.3, -0.25) is 4.79 Å². The van der Waals surface area contributed by atoms with Crippen LogP contribution in [0.3, 0.4) is 0 Å². The first-order valence-corrected chi connectivity index (χ1v) is 8.41. The molecule has 2 heterocycles. The Morgan fingerprint density at radius 1 is 1.19 bits per heavy atom. The van der Waals surface area contributed by atoms with Crippen molar-refractivity contribution >= 4 is 5.91 Å². The number of aromatic nitrogens is 2. The SMILES string of the molecule is O=C(C1CCCC1)N1CCC(Cc2noc(C3CC3)n2)C1. The normalized spacial score (nSPS) is 26.7. The predicted molar refractivity (Wildman–Crippen MR) is 76.6 cm³/mol. The first-order valence-electron chi connectivity index (χ1n) is 8.41. The zero-order valence-electron chi connectivity index (χ0n) is 12.5. The lowest BCUT2D eigenvalue weighted by atomic mass is 10.0. The number of likely N-dealkylation sites (tertiary alicyclic amines) is 1. The fraction of sp³-hybridized carbons (Fsp3) is 0.812. The third-order valence-corrected chi connectivity index (χ3v) is 5.18. The average molecular weight is 289 g/mol. The third-order valence-electron chi connectivity index (χ3n) is 5.18. The molecule has 2 aliphatic carbocycles. The van der Waals surface area contributed by atoms with Crippen molar-refractivity contribution < 1.29 is 9.32 Å². The Morgan fingerprint density at radius 3 is 2.76 bits per heavy atom. The lowest BCUT2D eigenvalue weighted by Gasteiger charge is -2.20. The van der Waals surface area contributed by atoms with Crippen LogP contribution in [0, 0.1) is 11.8 Å². The second-order valence-electron chi connectivity index (χ2n) is 6.95. The molecule has 0 aromatic carbocycles. The molecule has 0 N–H and O–H groups in total. The van der Waals surface area contributed by atoms with E-state index in [1.807, 2.05) is 0 Å². The van der Waals surface area contributed by atoms with Gasteiger partial charge in [0.15, 0.2) is 5.82 Å². The topological polar surface area (TPSA) is 59.2 Å². The summed E-state index contributed by atoms with van der Waals surface area (Å²) in [5.41, 5.74) is 0. The van der Waals surface area contributed by atoms with Crippen LogP contribution in [0.5, 0.6) is 0 Å². The molecule has 1 saturated heterocycles. The summed E-state index contributed by atoms with van der Waals surface area (Å²) < 4.78 is 5.31. The largest absolute Gasteiger partial charge is 0.342 e. The van der Waals surface area contributed by atoms with Gasteiger partial charge in [-0.25, -0.2) is 0 Å². The number of hydrogen-bond acceptors (Lipinski definition) is 4. The molecule has 21 heavy (non-hydrogen) atoms. The standard InChI is InChI=1S/C16H23N3O2/c20-16(13-3-1-2-4-13)19-8-7-11(10-19)9-14-17-15(21-18-14)12-5-6-12/h11-13H,1-10H2. The van der Waals surface area contributed by atoms with Crippen molar-refractivity contribution in [1.29, 1.82) is 0 Å². The van der Waals surface area contributed by atoms with Gasteiger partial charge < -0.3 is 9.42 Å². The molecule has 0 spiro atoms. The van der Waals surface area contributed by atoms with Gasteiger partial charge in [-0.2, -0.15) is 4.98 Å². The summed E-state index contributed by atoms with van der Waals surface area (Å²) in [6.07, 6.45) is 8.94. The van der Waals surface area contributed by atoms with Gasteiger partial charge in [-0.15, -0.1) is 0 Å². The zero-order valence-corrected chi connectivity index (χ0v) is 12.5. The molecule has 1 aromatic rings. The minimum Gasteiger partial charge on any atom is -0.342 e. The smallest absolute Gasteiger partial charge is 0.229 e. The summed E-state index contributed by atoms with van der Waals surface area (Å²) in [6.45, 7) is 1.79. The van der Waals surface area contributed by atoms with E-state index in [1.165, 1.54) is 25.7 Å². The number of amides is 1. The highest BCUT2D eigenvalue weighted by atomic mass is 16.5. The van der Waals surface area contributed by atoms with Crippen molar-refractivity contribution in [3.05, 3.63) is 11.7 Å². The van der Waals surface area contributed by atoms with Crippen LogP contribution in [0.4, 0.5) is 0 Å². The summed E-state index contributed by atoms with van der Waals surface area (Å²) >= 11 is 0. The van der Waals surface area contributed by atoms with Crippen LogP contribution in [-0.4, -0.2) is 34.0 Å². The molecule has 1 unspecified atom stereocenters. The molecule has 0 radical (unpaired) electrons. The minimum absolute atomic E-state index is 0.301. The highest BCUT2D eigenvalue weighted by molar-refractivity contribution is 5.79. The highest BCUT2D eigenvalue weighted by Gasteiger charge is 2.34. The zero-order chi connectivity index (χ0) is 14.2. The van der Waals surface area contributed by atoms with Crippen molar-refractivity contribution in [1.82, 2.24) is 15.0 Å². The van der Waals surface area contributed by atoms with Crippen LogP contribution >= 0.6 is 0 Å². The Balaban J connectivity index is 1.31. The van der Waals surface area contributed by atoms with Gasteiger partial charge in [0.1, 0.15) is 0 Å². The monoisotopic (exact) mass is 289 g/mol. The summed E-state index contributed by atoms with van der Waals surface area (Å²) in [5, 5.41) is 4.10. The maximum atomic E-state index is 12.4. The molecule has 114 valence electrons. The first-order chi connectivity index (χ1) is 10.3. The van der Waals surface area contributed by atoms with Crippen molar-refractivity contribution in [2.45, 2.75) is 57.3 Å². The molecule has 0 bridgehead atoms. The molecule has 3 aliphatic rings. The Hall–Kier alpha value is -1.39. The molecule has 2 saturated carbocycles. The summed E-state index contributed by atoms with van der Waals surface area (Å²) in [4.78, 5) is 19.0. The summed E-state index contributed by atoms with van der Waals surface area (Å²) in [7, 11) is 0. The molecule has 1 aromatic heterocycles. The molecule has 5 heteroatoms. The molecular formula is C16H23N3O2. The van der Waals surface area contributed by atoms with E-state index in [-0.39, 0.29) is 0 Å². The maximum Gasteiger partial charge on any atom is 0.229 e. The molecule has 4 rings (SSSR count). The van der Waals surface area contributed by atoms with Crippen LogP contribution in [0.25, 0.3) is 0 Å². The van der Waals surface area contributed by atoms with E-state index in [2.05, 4.69) is 15.0 Å². The van der Waals surface area contributed by atoms with Crippen LogP contribution in [0.2, 0.25) is 0 Å². The quantitative estimate of drug-likeness (QED) is 0.854. The van der Waals surface area contributed by atoms with Crippen LogP contribution in [0.1, 0.15) is 62.6 Å². The fourth-order valence-electron chi connectivity index (χ4n) is 3.74. The Labute approximate surface area is 125 Å². The Bertz CT molecular complexity index is 517. The van der Waals surface area contributed by atoms with Gasteiger partial charge in [0.05, 0.1) is 0 Å². The summed E-state index contributed by atoms with van der Waals surface area (Å²) in [5.74, 6) is 3.37. The van der Waals surface area contributed by atoms with Crippen LogP contribution in [-0.2, 0) is 11.2 Å². The number of nitrogens with zero attached hydrogens (tertiary/aromatic N) is 3. The highest BCUT2D eigenvalue weighted by Crippen LogP contribution is 2.39. The maximum absolute atomic E-state index is 12.4. The molecule has 1 aliphatic heterocycles. The van der Waals surface area contributed by atoms with Gasteiger partial charge in [-0.05, 0) is 38.0 Å². The van der Waals surface area contributed by atoms with E-state index < -0.39 is 0 Å². The first kappa shape index (κ1) is 13.3. The third kappa shape index (κ3) is 2.83. The number of carbonyl (C=O) groups excluding carboxylic acids is 1. The van der Waals surface area contributed by atoms with Gasteiger partial charge >= 0.3 is 0 Å². The van der Waals surface area contributed by atoms with Gasteiger partial charge in [0, 0.05) is 31.3 Å². The van der Waals surface area contributed by atoms with E-state index in [0.717, 1.165) is 50.5 Å². The van der Waals surface area contributed by atoms with Gasteiger partial charge in [0.2, 0.25) is 11.8 Å². The molecule has 1 atom stereocenters. The fourth-order valence-corrected chi connectivity index (χ4v) is 3.74. The van der Waals surface area contributed by atoms with Crippen molar-refractivity contribution in [3.63, 3.8) is 0 Å². The molecule has 3 fully saturated rings. The minimum atomic E-state index is 0.301. The number of carbonyl (C=O) groups is 1. The Kier molecular flexibility index (Phi) is 3.43. The van der Waals surface area contributed by atoms with Crippen molar-refractivity contribution in [2.24, 2.45) is 11.8 Å². The number of hydrogen-bond donors (Lipinski definition) is 0. The van der Waals surface area contributed by atoms with E-state index >= 15 is 0 Å². The van der Waals surface area contributed by atoms with Crippen LogP contribution < -0.4 is 0 Å².